The van der Waals surface area contributed by atoms with Crippen LogP contribution in [0.1, 0.15) is 34.7 Å². The van der Waals surface area contributed by atoms with Gasteiger partial charge in [0.05, 0.1) is 11.3 Å². The molecule has 0 unspecified atom stereocenters. The van der Waals surface area contributed by atoms with Crippen molar-refractivity contribution < 1.29 is 23.4 Å². The lowest BCUT2D eigenvalue weighted by atomic mass is 10.0. The van der Waals surface area contributed by atoms with Crippen LogP contribution in [0.15, 0.2) is 39.7 Å². The van der Waals surface area contributed by atoms with E-state index in [0.29, 0.717) is 4.47 Å². The molecular formula is C17H17BrN2O5S. The highest BCUT2D eigenvalue weighted by Crippen LogP contribution is 2.44. The molecule has 9 heteroatoms. The number of anilines is 1. The zero-order valence-corrected chi connectivity index (χ0v) is 16.2. The summed E-state index contributed by atoms with van der Waals surface area (Å²) in [6.07, 6.45) is 1.88. The minimum absolute atomic E-state index is 0.00642. The van der Waals surface area contributed by atoms with E-state index in [9.17, 15) is 23.4 Å². The molecule has 0 radical (unpaired) electrons. The first-order valence-corrected chi connectivity index (χ1v) is 10.1. The number of amides is 1. The van der Waals surface area contributed by atoms with Crippen LogP contribution in [0, 0.1) is 0 Å². The molecule has 0 atom stereocenters. The van der Waals surface area contributed by atoms with Gasteiger partial charge in [-0.2, -0.15) is 0 Å². The molecule has 0 aliphatic heterocycles. The van der Waals surface area contributed by atoms with Crippen LogP contribution in [0.25, 0.3) is 0 Å². The van der Waals surface area contributed by atoms with E-state index in [1.54, 1.807) is 6.07 Å². The average Bonchev–Trinajstić information content (AvgIpc) is 3.43. The molecule has 138 valence electrons. The predicted octanol–water partition coefficient (Wildman–Crippen LogP) is 2.90. The average molecular weight is 441 g/mol. The van der Waals surface area contributed by atoms with Crippen LogP contribution in [0.5, 0.6) is 11.5 Å². The molecule has 1 amide bonds. The van der Waals surface area contributed by atoms with Gasteiger partial charge >= 0.3 is 0 Å². The van der Waals surface area contributed by atoms with Crippen molar-refractivity contribution in [1.29, 1.82) is 0 Å². The highest BCUT2D eigenvalue weighted by atomic mass is 79.9. The first kappa shape index (κ1) is 18.5. The Balaban J connectivity index is 2.07. The van der Waals surface area contributed by atoms with E-state index < -0.39 is 27.4 Å². The summed E-state index contributed by atoms with van der Waals surface area (Å²) in [5.74, 6) is -1.17. The number of halogens is 1. The van der Waals surface area contributed by atoms with E-state index in [4.69, 9.17) is 0 Å². The lowest BCUT2D eigenvalue weighted by Gasteiger charge is -2.15. The summed E-state index contributed by atoms with van der Waals surface area (Å²) >= 11 is 3.16. The van der Waals surface area contributed by atoms with Crippen LogP contribution in [0.3, 0.4) is 0 Å². The van der Waals surface area contributed by atoms with Gasteiger partial charge in [-0.25, -0.2) is 8.42 Å². The second-order valence-electron chi connectivity index (χ2n) is 6.04. The topological polar surface area (TPSA) is 116 Å². The Morgan fingerprint density at radius 1 is 1.19 bits per heavy atom. The van der Waals surface area contributed by atoms with Gasteiger partial charge in [0.1, 0.15) is 10.6 Å². The molecule has 1 aliphatic carbocycles. The number of benzene rings is 2. The molecular weight excluding hydrogens is 424 g/mol. The van der Waals surface area contributed by atoms with Gasteiger partial charge in [0.2, 0.25) is 0 Å². The third-order valence-electron chi connectivity index (χ3n) is 4.11. The number of hydrogen-bond acceptors (Lipinski definition) is 5. The first-order valence-electron chi connectivity index (χ1n) is 7.83. The van der Waals surface area contributed by atoms with Crippen LogP contribution < -0.4 is 10.0 Å². The van der Waals surface area contributed by atoms with E-state index in [2.05, 4.69) is 26.0 Å². The smallest absolute Gasteiger partial charge is 0.265 e. The number of phenols is 2. The van der Waals surface area contributed by atoms with Crippen molar-refractivity contribution in [2.24, 2.45) is 0 Å². The molecule has 0 aromatic heterocycles. The molecule has 1 saturated carbocycles. The molecule has 2 aromatic rings. The fraction of sp³-hybridized carbons (Fsp3) is 0.235. The Morgan fingerprint density at radius 2 is 1.88 bits per heavy atom. The number of hydrogen-bond donors (Lipinski definition) is 4. The highest BCUT2D eigenvalue weighted by Gasteiger charge is 2.28. The fourth-order valence-corrected chi connectivity index (χ4v) is 4.29. The largest absolute Gasteiger partial charge is 0.507 e. The fourth-order valence-electron chi connectivity index (χ4n) is 2.60. The molecule has 0 spiro atoms. The molecule has 0 saturated heterocycles. The molecule has 7 nitrogen and oxygen atoms in total. The van der Waals surface area contributed by atoms with Gasteiger partial charge in [0.25, 0.3) is 15.9 Å². The highest BCUT2D eigenvalue weighted by molar-refractivity contribution is 9.10. The van der Waals surface area contributed by atoms with E-state index in [1.165, 1.54) is 31.3 Å². The molecule has 1 fully saturated rings. The summed E-state index contributed by atoms with van der Waals surface area (Å²) in [5.41, 5.74) is 0.665. The second-order valence-corrected chi connectivity index (χ2v) is 8.60. The molecule has 2 aromatic carbocycles. The van der Waals surface area contributed by atoms with Crippen LogP contribution in [-0.4, -0.2) is 31.6 Å². The standard InChI is InChI=1S/C17H17BrN2O5S/c1-19-17(23)12-6-10(9-2-3-9)7-13(16(12)22)20-26(24,25)15-8-11(18)4-5-14(15)21/h4-9,20-22H,2-3H2,1H3,(H,19,23). The number of nitrogens with one attached hydrogen (secondary N) is 2. The summed E-state index contributed by atoms with van der Waals surface area (Å²) in [7, 11) is -2.76. The number of sulfonamides is 1. The molecule has 4 N–H and O–H groups in total. The maximum atomic E-state index is 12.7. The van der Waals surface area contributed by atoms with Crippen molar-refractivity contribution in [3.63, 3.8) is 0 Å². The van der Waals surface area contributed by atoms with Crippen molar-refractivity contribution in [2.45, 2.75) is 23.7 Å². The van der Waals surface area contributed by atoms with E-state index in [0.717, 1.165) is 18.4 Å². The molecule has 3 rings (SSSR count). The first-order chi connectivity index (χ1) is 12.2. The van der Waals surface area contributed by atoms with Crippen molar-refractivity contribution >= 4 is 37.5 Å². The summed E-state index contributed by atoms with van der Waals surface area (Å²) in [6, 6.07) is 7.09. The van der Waals surface area contributed by atoms with Gasteiger partial charge in [-0.1, -0.05) is 15.9 Å². The summed E-state index contributed by atoms with van der Waals surface area (Å²) in [5, 5.41) is 22.7. The van der Waals surface area contributed by atoms with Crippen LogP contribution in [0.4, 0.5) is 5.69 Å². The zero-order valence-electron chi connectivity index (χ0n) is 13.8. The third-order valence-corrected chi connectivity index (χ3v) is 6.00. The van der Waals surface area contributed by atoms with Crippen molar-refractivity contribution in [2.75, 3.05) is 11.8 Å². The minimum Gasteiger partial charge on any atom is -0.507 e. The van der Waals surface area contributed by atoms with E-state index >= 15 is 0 Å². The number of carbonyl (C=O) groups is 1. The maximum absolute atomic E-state index is 12.7. The molecule has 26 heavy (non-hydrogen) atoms. The summed E-state index contributed by atoms with van der Waals surface area (Å²) in [4.78, 5) is 11.7. The monoisotopic (exact) mass is 440 g/mol. The number of rotatable bonds is 5. The Hall–Kier alpha value is -2.26. The van der Waals surface area contributed by atoms with Gasteiger partial charge in [-0.05, 0) is 54.7 Å². The van der Waals surface area contributed by atoms with E-state index in [1.807, 2.05) is 0 Å². The van der Waals surface area contributed by atoms with Crippen LogP contribution >= 0.6 is 15.9 Å². The molecule has 0 bridgehead atoms. The van der Waals surface area contributed by atoms with Gasteiger partial charge < -0.3 is 15.5 Å². The minimum atomic E-state index is -4.18. The van der Waals surface area contributed by atoms with Crippen molar-refractivity contribution in [3.8, 4) is 11.5 Å². The van der Waals surface area contributed by atoms with Crippen molar-refractivity contribution in [3.05, 3.63) is 45.9 Å². The number of aromatic hydroxyl groups is 2. The molecule has 1 aliphatic rings. The molecule has 0 heterocycles. The second kappa shape index (κ2) is 6.81. The Bertz CT molecular complexity index is 987. The number of phenolic OH excluding ortho intramolecular Hbond substituents is 2. The van der Waals surface area contributed by atoms with Gasteiger partial charge in [-0.3, -0.25) is 9.52 Å². The SMILES string of the molecule is CNC(=O)c1cc(C2CC2)cc(NS(=O)(=O)c2cc(Br)ccc2O)c1O. The van der Waals surface area contributed by atoms with E-state index in [-0.39, 0.29) is 22.1 Å². The van der Waals surface area contributed by atoms with Gasteiger partial charge in [0, 0.05) is 11.5 Å². The van der Waals surface area contributed by atoms with Crippen LogP contribution in [0.2, 0.25) is 0 Å². The van der Waals surface area contributed by atoms with Crippen LogP contribution in [-0.2, 0) is 10.0 Å². The Morgan fingerprint density at radius 3 is 2.50 bits per heavy atom. The van der Waals surface area contributed by atoms with Gasteiger partial charge in [0.15, 0.2) is 5.75 Å². The normalized spacial score (nSPS) is 14.1. The maximum Gasteiger partial charge on any atom is 0.265 e. The van der Waals surface area contributed by atoms with Crippen molar-refractivity contribution in [1.82, 2.24) is 5.32 Å². The summed E-state index contributed by atoms with van der Waals surface area (Å²) in [6.45, 7) is 0. The number of carbonyl (C=O) groups excluding carboxylic acids is 1. The quantitative estimate of drug-likeness (QED) is 0.533. The summed E-state index contributed by atoms with van der Waals surface area (Å²) < 4.78 is 28.1. The lowest BCUT2D eigenvalue weighted by molar-refractivity contribution is 0.0960. The Labute approximate surface area is 159 Å². The Kier molecular flexibility index (Phi) is 4.85. The van der Waals surface area contributed by atoms with Gasteiger partial charge in [-0.15, -0.1) is 0 Å². The lowest BCUT2D eigenvalue weighted by Crippen LogP contribution is -2.19. The third kappa shape index (κ3) is 3.63. The predicted molar refractivity (Wildman–Crippen MR) is 100 cm³/mol. The zero-order chi connectivity index (χ0) is 19.1.